The summed E-state index contributed by atoms with van der Waals surface area (Å²) >= 11 is 0. The minimum atomic E-state index is 0. The van der Waals surface area contributed by atoms with E-state index in [2.05, 4.69) is 5.32 Å². The number of aryl methyl sites for hydroxylation is 1. The first kappa shape index (κ1) is 13.4. The third-order valence-corrected chi connectivity index (χ3v) is 1.90. The molecule has 0 atom stereocenters. The third-order valence-electron chi connectivity index (χ3n) is 1.90. The number of para-hydroxylation sites is 1. The normalized spacial score (nSPS) is 10.5. The molecule has 1 aromatic rings. The summed E-state index contributed by atoms with van der Waals surface area (Å²) < 4.78 is 0. The van der Waals surface area contributed by atoms with Crippen molar-refractivity contribution in [1.82, 2.24) is 0 Å². The molecule has 0 saturated carbocycles. The molecule has 0 radical (unpaired) electrons. The summed E-state index contributed by atoms with van der Waals surface area (Å²) in [5.74, 6) is 0.0589. The van der Waals surface area contributed by atoms with Gasteiger partial charge >= 0.3 is 0 Å². The predicted molar refractivity (Wildman–Crippen MR) is 66.0 cm³/mol. The highest BCUT2D eigenvalue weighted by Crippen LogP contribution is 2.15. The second-order valence-electron chi connectivity index (χ2n) is 3.38. The van der Waals surface area contributed by atoms with Crippen molar-refractivity contribution < 1.29 is 4.79 Å². The molecule has 0 heterocycles. The van der Waals surface area contributed by atoms with E-state index < -0.39 is 0 Å². The van der Waals surface area contributed by atoms with Gasteiger partial charge < -0.3 is 5.32 Å². The molecule has 2 nitrogen and oxygen atoms in total. The topological polar surface area (TPSA) is 29.1 Å². The number of benzene rings is 1. The Hall–Kier alpha value is -1.57. The van der Waals surface area contributed by atoms with Crippen LogP contribution in [-0.4, -0.2) is 5.78 Å². The molecule has 15 heavy (non-hydrogen) atoms. The second-order valence-corrected chi connectivity index (χ2v) is 3.38. The number of nitrogens with one attached hydrogen (secondary N) is 1. The number of ketones is 1. The van der Waals surface area contributed by atoms with E-state index in [1.54, 1.807) is 13.0 Å². The molecular formula is C13H19NO. The van der Waals surface area contributed by atoms with Gasteiger partial charge in [-0.2, -0.15) is 0 Å². The first-order chi connectivity index (χ1) is 6.59. The van der Waals surface area contributed by atoms with Crippen molar-refractivity contribution in [3.05, 3.63) is 41.6 Å². The Balaban J connectivity index is 0.00000196. The number of hydrogen-bond acceptors (Lipinski definition) is 2. The van der Waals surface area contributed by atoms with Gasteiger partial charge in [-0.05, 0) is 38.5 Å². The second kappa shape index (κ2) is 6.02. The number of allylic oxidation sites excluding steroid dienone is 2. The summed E-state index contributed by atoms with van der Waals surface area (Å²) in [5.41, 5.74) is 3.08. The molecule has 1 rings (SSSR count). The fraction of sp³-hybridized carbons (Fsp3) is 0.308. The van der Waals surface area contributed by atoms with Crippen LogP contribution in [0.3, 0.4) is 0 Å². The van der Waals surface area contributed by atoms with Crippen molar-refractivity contribution in [2.75, 3.05) is 5.32 Å². The maximum absolute atomic E-state index is 10.8. The van der Waals surface area contributed by atoms with Gasteiger partial charge in [-0.25, -0.2) is 0 Å². The van der Waals surface area contributed by atoms with E-state index >= 15 is 0 Å². The summed E-state index contributed by atoms with van der Waals surface area (Å²) in [6.07, 6.45) is 1.59. The highest BCUT2D eigenvalue weighted by atomic mass is 16.1. The Bertz CT molecular complexity index is 367. The van der Waals surface area contributed by atoms with Gasteiger partial charge in [0.05, 0.1) is 0 Å². The van der Waals surface area contributed by atoms with E-state index in [1.807, 2.05) is 38.1 Å². The van der Waals surface area contributed by atoms with E-state index in [9.17, 15) is 4.79 Å². The van der Waals surface area contributed by atoms with Gasteiger partial charge in [-0.3, -0.25) is 4.79 Å². The fourth-order valence-electron chi connectivity index (χ4n) is 1.27. The summed E-state index contributed by atoms with van der Waals surface area (Å²) in [5, 5.41) is 3.18. The number of rotatable bonds is 3. The van der Waals surface area contributed by atoms with Crippen LogP contribution in [0.1, 0.15) is 26.8 Å². The van der Waals surface area contributed by atoms with Crippen molar-refractivity contribution in [2.45, 2.75) is 28.2 Å². The molecule has 1 N–H and O–H groups in total. The number of hydrogen-bond donors (Lipinski definition) is 1. The average molecular weight is 205 g/mol. The van der Waals surface area contributed by atoms with Crippen LogP contribution in [0.15, 0.2) is 36.0 Å². The van der Waals surface area contributed by atoms with Gasteiger partial charge in [-0.15, -0.1) is 0 Å². The molecule has 0 saturated heterocycles. The van der Waals surface area contributed by atoms with Crippen LogP contribution >= 0.6 is 0 Å². The molecule has 0 bridgehead atoms. The van der Waals surface area contributed by atoms with E-state index in [0.29, 0.717) is 0 Å². The molecule has 0 fully saturated rings. The number of carbonyl (C=O) groups excluding carboxylic acids is 1. The lowest BCUT2D eigenvalue weighted by Crippen LogP contribution is -1.99. The summed E-state index contributed by atoms with van der Waals surface area (Å²) in [6.45, 7) is 5.46. The lowest BCUT2D eigenvalue weighted by molar-refractivity contribution is -0.112. The average Bonchev–Trinajstić information content (AvgIpc) is 2.07. The van der Waals surface area contributed by atoms with E-state index in [-0.39, 0.29) is 13.2 Å². The summed E-state index contributed by atoms with van der Waals surface area (Å²) in [7, 11) is 0. The van der Waals surface area contributed by atoms with Gasteiger partial charge in [0, 0.05) is 11.4 Å². The molecule has 0 amide bonds. The minimum Gasteiger partial charge on any atom is -0.359 e. The van der Waals surface area contributed by atoms with E-state index in [1.165, 1.54) is 5.56 Å². The SMILES string of the molecule is C.CC(=O)/C=C(/C)Nc1ccccc1C. The molecule has 0 aromatic heterocycles. The Kier molecular flexibility index (Phi) is 5.39. The van der Waals surface area contributed by atoms with Gasteiger partial charge in [-0.1, -0.05) is 25.6 Å². The molecule has 0 aliphatic heterocycles. The fourth-order valence-corrected chi connectivity index (χ4v) is 1.27. The highest BCUT2D eigenvalue weighted by Gasteiger charge is 1.96. The molecule has 0 aliphatic carbocycles. The lowest BCUT2D eigenvalue weighted by Gasteiger charge is -2.08. The zero-order valence-electron chi connectivity index (χ0n) is 8.79. The molecule has 2 heteroatoms. The number of carbonyl (C=O) groups is 1. The molecule has 82 valence electrons. The van der Waals surface area contributed by atoms with Crippen molar-refractivity contribution in [3.63, 3.8) is 0 Å². The van der Waals surface area contributed by atoms with Crippen molar-refractivity contribution >= 4 is 11.5 Å². The van der Waals surface area contributed by atoms with Crippen LogP contribution in [0.25, 0.3) is 0 Å². The molecule has 0 aliphatic rings. The Morgan fingerprint density at radius 2 is 1.87 bits per heavy atom. The minimum absolute atomic E-state index is 0. The number of anilines is 1. The van der Waals surface area contributed by atoms with Gasteiger partial charge in [0.15, 0.2) is 5.78 Å². The van der Waals surface area contributed by atoms with E-state index in [0.717, 1.165) is 11.4 Å². The maximum Gasteiger partial charge on any atom is 0.154 e. The van der Waals surface area contributed by atoms with Crippen LogP contribution in [-0.2, 0) is 4.79 Å². The van der Waals surface area contributed by atoms with E-state index in [4.69, 9.17) is 0 Å². The highest BCUT2D eigenvalue weighted by molar-refractivity contribution is 5.88. The largest absolute Gasteiger partial charge is 0.359 e. The molecule has 0 unspecified atom stereocenters. The van der Waals surface area contributed by atoms with Crippen molar-refractivity contribution in [3.8, 4) is 0 Å². The van der Waals surface area contributed by atoms with Crippen molar-refractivity contribution in [2.24, 2.45) is 0 Å². The van der Waals surface area contributed by atoms with Crippen LogP contribution in [0.5, 0.6) is 0 Å². The van der Waals surface area contributed by atoms with Crippen LogP contribution in [0.4, 0.5) is 5.69 Å². The van der Waals surface area contributed by atoms with Crippen LogP contribution in [0.2, 0.25) is 0 Å². The standard InChI is InChI=1S/C12H15NO.CH4/c1-9-6-4-5-7-12(9)13-10(2)8-11(3)14;/h4-8,13H,1-3H3;1H4/b10-8-;. The van der Waals surface area contributed by atoms with Gasteiger partial charge in [0.1, 0.15) is 0 Å². The maximum atomic E-state index is 10.8. The Morgan fingerprint density at radius 3 is 2.40 bits per heavy atom. The summed E-state index contributed by atoms with van der Waals surface area (Å²) in [6, 6.07) is 7.98. The predicted octanol–water partition coefficient (Wildman–Crippen LogP) is 3.54. The van der Waals surface area contributed by atoms with Crippen LogP contribution in [0, 0.1) is 6.92 Å². The van der Waals surface area contributed by atoms with Gasteiger partial charge in [0.25, 0.3) is 0 Å². The smallest absolute Gasteiger partial charge is 0.154 e. The molecule has 1 aromatic carbocycles. The Labute approximate surface area is 92.0 Å². The van der Waals surface area contributed by atoms with Crippen molar-refractivity contribution in [1.29, 1.82) is 0 Å². The third kappa shape index (κ3) is 4.45. The van der Waals surface area contributed by atoms with Gasteiger partial charge in [0.2, 0.25) is 0 Å². The Morgan fingerprint density at radius 1 is 1.27 bits per heavy atom. The first-order valence-electron chi connectivity index (χ1n) is 4.61. The monoisotopic (exact) mass is 205 g/mol. The molecular weight excluding hydrogens is 186 g/mol. The quantitative estimate of drug-likeness (QED) is 0.765. The lowest BCUT2D eigenvalue weighted by atomic mass is 10.2. The zero-order valence-corrected chi connectivity index (χ0v) is 8.79. The molecule has 0 spiro atoms. The summed E-state index contributed by atoms with van der Waals surface area (Å²) in [4.78, 5) is 10.8. The van der Waals surface area contributed by atoms with Crippen LogP contribution < -0.4 is 5.32 Å². The first-order valence-corrected chi connectivity index (χ1v) is 4.61. The zero-order chi connectivity index (χ0) is 10.6.